The van der Waals surface area contributed by atoms with E-state index in [4.69, 9.17) is 5.84 Å². The molecular formula is C11H22N2O2S. The highest BCUT2D eigenvalue weighted by Gasteiger charge is 2.29. The Labute approximate surface area is 98.2 Å². The summed E-state index contributed by atoms with van der Waals surface area (Å²) in [6, 6.07) is 0.234. The summed E-state index contributed by atoms with van der Waals surface area (Å²) in [5, 5.41) is 0. The van der Waals surface area contributed by atoms with Gasteiger partial charge in [0.15, 0.2) is 9.84 Å². The lowest BCUT2D eigenvalue weighted by Crippen LogP contribution is -2.36. The van der Waals surface area contributed by atoms with Crippen LogP contribution >= 0.6 is 0 Å². The Kier molecular flexibility index (Phi) is 5.44. The average molecular weight is 246 g/mol. The zero-order valence-corrected chi connectivity index (χ0v) is 10.5. The van der Waals surface area contributed by atoms with E-state index in [0.717, 1.165) is 32.1 Å². The molecule has 1 rings (SSSR count). The van der Waals surface area contributed by atoms with Gasteiger partial charge in [0.25, 0.3) is 0 Å². The number of rotatable bonds is 7. The normalized spacial score (nSPS) is 25.4. The van der Waals surface area contributed by atoms with Crippen molar-refractivity contribution >= 4 is 9.84 Å². The third kappa shape index (κ3) is 4.63. The molecule has 2 atom stereocenters. The van der Waals surface area contributed by atoms with Gasteiger partial charge in [-0.3, -0.25) is 11.3 Å². The molecule has 0 aromatic carbocycles. The molecule has 1 heterocycles. The molecule has 0 amide bonds. The predicted molar refractivity (Wildman–Crippen MR) is 66.5 cm³/mol. The van der Waals surface area contributed by atoms with Gasteiger partial charge in [0.1, 0.15) is 0 Å². The Morgan fingerprint density at radius 2 is 2.31 bits per heavy atom. The van der Waals surface area contributed by atoms with Crippen molar-refractivity contribution in [3.63, 3.8) is 0 Å². The van der Waals surface area contributed by atoms with E-state index in [-0.39, 0.29) is 12.0 Å². The SMILES string of the molecule is C=CCCCC(CC1CCS(=O)(=O)C1)NN. The molecule has 1 aliphatic rings. The fraction of sp³-hybridized carbons (Fsp3) is 0.818. The van der Waals surface area contributed by atoms with Crippen molar-refractivity contribution in [1.29, 1.82) is 0 Å². The Bertz CT molecular complexity index is 314. The fourth-order valence-electron chi connectivity index (χ4n) is 2.24. The number of nitrogens with one attached hydrogen (secondary N) is 1. The van der Waals surface area contributed by atoms with Crippen LogP contribution in [0.15, 0.2) is 12.7 Å². The summed E-state index contributed by atoms with van der Waals surface area (Å²) >= 11 is 0. The molecular weight excluding hydrogens is 224 g/mol. The number of hydrazine groups is 1. The summed E-state index contributed by atoms with van der Waals surface area (Å²) < 4.78 is 22.6. The van der Waals surface area contributed by atoms with Crippen LogP contribution in [0.1, 0.15) is 32.1 Å². The second-order valence-electron chi connectivity index (χ2n) is 4.59. The lowest BCUT2D eigenvalue weighted by atomic mass is 9.96. The molecule has 1 fully saturated rings. The topological polar surface area (TPSA) is 72.2 Å². The van der Waals surface area contributed by atoms with Crippen LogP contribution in [-0.2, 0) is 9.84 Å². The van der Waals surface area contributed by atoms with Gasteiger partial charge in [-0.1, -0.05) is 6.08 Å². The summed E-state index contributed by atoms with van der Waals surface area (Å²) in [4.78, 5) is 0. The predicted octanol–water partition coefficient (Wildman–Crippen LogP) is 0.999. The number of sulfone groups is 1. The molecule has 4 nitrogen and oxygen atoms in total. The van der Waals surface area contributed by atoms with Gasteiger partial charge in [-0.2, -0.15) is 0 Å². The molecule has 0 aromatic heterocycles. The van der Waals surface area contributed by atoms with Gasteiger partial charge in [-0.05, 0) is 38.0 Å². The second kappa shape index (κ2) is 6.37. The summed E-state index contributed by atoms with van der Waals surface area (Å²) in [5.41, 5.74) is 2.79. The first kappa shape index (κ1) is 13.7. The smallest absolute Gasteiger partial charge is 0.150 e. The third-order valence-electron chi connectivity index (χ3n) is 3.14. The monoisotopic (exact) mass is 246 g/mol. The standard InChI is InChI=1S/C11H22N2O2S/c1-2-3-4-5-11(13-12)8-10-6-7-16(14,15)9-10/h2,10-11,13H,1,3-9,12H2. The van der Waals surface area contributed by atoms with Gasteiger partial charge in [0.05, 0.1) is 11.5 Å². The van der Waals surface area contributed by atoms with E-state index in [1.807, 2.05) is 6.08 Å². The highest BCUT2D eigenvalue weighted by molar-refractivity contribution is 7.91. The molecule has 5 heteroatoms. The summed E-state index contributed by atoms with van der Waals surface area (Å²) in [7, 11) is -2.76. The van der Waals surface area contributed by atoms with Gasteiger partial charge < -0.3 is 0 Å². The van der Waals surface area contributed by atoms with Crippen LogP contribution in [0.2, 0.25) is 0 Å². The van der Waals surface area contributed by atoms with Crippen molar-refractivity contribution < 1.29 is 8.42 Å². The Balaban J connectivity index is 2.30. The second-order valence-corrected chi connectivity index (χ2v) is 6.82. The number of unbranched alkanes of at least 4 members (excludes halogenated alkanes) is 1. The maximum Gasteiger partial charge on any atom is 0.150 e. The Morgan fingerprint density at radius 3 is 2.81 bits per heavy atom. The molecule has 0 radical (unpaired) electrons. The number of hydrogen-bond acceptors (Lipinski definition) is 4. The van der Waals surface area contributed by atoms with Crippen molar-refractivity contribution in [3.8, 4) is 0 Å². The average Bonchev–Trinajstić information content (AvgIpc) is 2.57. The van der Waals surface area contributed by atoms with E-state index in [1.54, 1.807) is 0 Å². The number of hydrogen-bond donors (Lipinski definition) is 2. The van der Waals surface area contributed by atoms with Crippen LogP contribution in [0.5, 0.6) is 0 Å². The highest BCUT2D eigenvalue weighted by Crippen LogP contribution is 2.24. The van der Waals surface area contributed by atoms with Crippen molar-refractivity contribution in [1.82, 2.24) is 5.43 Å². The van der Waals surface area contributed by atoms with Crippen LogP contribution in [0.4, 0.5) is 0 Å². The van der Waals surface area contributed by atoms with Crippen LogP contribution in [0.25, 0.3) is 0 Å². The van der Waals surface area contributed by atoms with Gasteiger partial charge >= 0.3 is 0 Å². The molecule has 2 unspecified atom stereocenters. The maximum absolute atomic E-state index is 11.3. The lowest BCUT2D eigenvalue weighted by molar-refractivity contribution is 0.386. The Morgan fingerprint density at radius 1 is 1.56 bits per heavy atom. The first-order valence-electron chi connectivity index (χ1n) is 5.85. The zero-order valence-electron chi connectivity index (χ0n) is 9.69. The highest BCUT2D eigenvalue weighted by atomic mass is 32.2. The van der Waals surface area contributed by atoms with Crippen molar-refractivity contribution in [2.75, 3.05) is 11.5 Å². The molecule has 1 saturated heterocycles. The van der Waals surface area contributed by atoms with Gasteiger partial charge in [-0.15, -0.1) is 6.58 Å². The van der Waals surface area contributed by atoms with Crippen molar-refractivity contribution in [2.24, 2.45) is 11.8 Å². The fourth-order valence-corrected chi connectivity index (χ4v) is 4.12. The van der Waals surface area contributed by atoms with Gasteiger partial charge in [0, 0.05) is 6.04 Å². The molecule has 16 heavy (non-hydrogen) atoms. The minimum Gasteiger partial charge on any atom is -0.271 e. The molecule has 94 valence electrons. The van der Waals surface area contributed by atoms with Gasteiger partial charge in [0.2, 0.25) is 0 Å². The van der Waals surface area contributed by atoms with Crippen LogP contribution in [0, 0.1) is 5.92 Å². The molecule has 1 aliphatic heterocycles. The van der Waals surface area contributed by atoms with E-state index in [0.29, 0.717) is 11.5 Å². The summed E-state index contributed by atoms with van der Waals surface area (Å²) in [6.45, 7) is 3.67. The molecule has 0 saturated carbocycles. The van der Waals surface area contributed by atoms with Crippen molar-refractivity contribution in [3.05, 3.63) is 12.7 Å². The van der Waals surface area contributed by atoms with E-state index >= 15 is 0 Å². The first-order valence-corrected chi connectivity index (χ1v) is 7.67. The maximum atomic E-state index is 11.3. The van der Waals surface area contributed by atoms with Crippen LogP contribution in [0.3, 0.4) is 0 Å². The quantitative estimate of drug-likeness (QED) is 0.304. The molecule has 0 aliphatic carbocycles. The minimum atomic E-state index is -2.76. The zero-order chi connectivity index (χ0) is 12.0. The van der Waals surface area contributed by atoms with Gasteiger partial charge in [-0.25, -0.2) is 8.42 Å². The number of allylic oxidation sites excluding steroid dienone is 1. The number of nitrogens with two attached hydrogens (primary N) is 1. The summed E-state index contributed by atoms with van der Waals surface area (Å²) in [5.74, 6) is 6.45. The van der Waals surface area contributed by atoms with E-state index < -0.39 is 9.84 Å². The Hall–Kier alpha value is -0.390. The molecule has 0 aromatic rings. The molecule has 3 N–H and O–H groups in total. The summed E-state index contributed by atoms with van der Waals surface area (Å²) in [6.07, 6.45) is 6.58. The lowest BCUT2D eigenvalue weighted by Gasteiger charge is -2.18. The minimum absolute atomic E-state index is 0.234. The molecule has 0 spiro atoms. The largest absolute Gasteiger partial charge is 0.271 e. The van der Waals surface area contributed by atoms with Crippen LogP contribution < -0.4 is 11.3 Å². The van der Waals surface area contributed by atoms with E-state index in [2.05, 4.69) is 12.0 Å². The third-order valence-corrected chi connectivity index (χ3v) is 4.98. The van der Waals surface area contributed by atoms with Crippen LogP contribution in [-0.4, -0.2) is 26.0 Å². The molecule has 0 bridgehead atoms. The first-order chi connectivity index (χ1) is 7.57. The van der Waals surface area contributed by atoms with E-state index in [1.165, 1.54) is 0 Å². The van der Waals surface area contributed by atoms with Crippen molar-refractivity contribution in [2.45, 2.75) is 38.1 Å². The van der Waals surface area contributed by atoms with E-state index in [9.17, 15) is 8.42 Å².